The summed E-state index contributed by atoms with van der Waals surface area (Å²) in [6.07, 6.45) is 2.07. The number of aromatic nitrogens is 1. The fourth-order valence-corrected chi connectivity index (χ4v) is 3.49. The average Bonchev–Trinajstić information content (AvgIpc) is 2.96. The molecule has 2 aliphatic rings. The van der Waals surface area contributed by atoms with Crippen molar-refractivity contribution in [1.82, 2.24) is 14.8 Å². The zero-order chi connectivity index (χ0) is 16.4. The minimum absolute atomic E-state index is 0.0877. The molecule has 7 heteroatoms. The molecule has 0 aromatic carbocycles. The highest BCUT2D eigenvalue weighted by Gasteiger charge is 2.36. The molecular formula is C16H21ClN4O2. The molecule has 1 aromatic rings. The molecule has 3 rings (SSSR count). The number of hydrogen-bond donors (Lipinski definition) is 0. The van der Waals surface area contributed by atoms with Crippen LogP contribution in [-0.2, 0) is 9.59 Å². The van der Waals surface area contributed by atoms with Crippen LogP contribution in [0.25, 0.3) is 0 Å². The lowest BCUT2D eigenvalue weighted by molar-refractivity contribution is -0.136. The second-order valence-corrected chi connectivity index (χ2v) is 6.36. The van der Waals surface area contributed by atoms with Gasteiger partial charge in [0.25, 0.3) is 0 Å². The Labute approximate surface area is 141 Å². The van der Waals surface area contributed by atoms with Gasteiger partial charge in [-0.15, -0.1) is 0 Å². The highest BCUT2D eigenvalue weighted by molar-refractivity contribution is 6.32. The van der Waals surface area contributed by atoms with Crippen LogP contribution in [0, 0.1) is 5.92 Å². The van der Waals surface area contributed by atoms with Gasteiger partial charge in [0.15, 0.2) is 0 Å². The van der Waals surface area contributed by atoms with Crippen LogP contribution >= 0.6 is 11.6 Å². The Hall–Kier alpha value is -1.82. The normalized spacial score (nSPS) is 21.9. The van der Waals surface area contributed by atoms with E-state index in [4.69, 9.17) is 11.6 Å². The molecule has 3 heterocycles. The molecule has 124 valence electrons. The van der Waals surface area contributed by atoms with Gasteiger partial charge in [-0.3, -0.25) is 9.59 Å². The summed E-state index contributed by atoms with van der Waals surface area (Å²) in [6, 6.07) is 3.63. The fourth-order valence-electron chi connectivity index (χ4n) is 3.25. The van der Waals surface area contributed by atoms with Crippen LogP contribution in [0.1, 0.15) is 13.3 Å². The molecule has 0 aliphatic carbocycles. The lowest BCUT2D eigenvalue weighted by atomic mass is 10.1. The Balaban J connectivity index is 1.58. The molecule has 2 amide bonds. The van der Waals surface area contributed by atoms with Crippen molar-refractivity contribution in [1.29, 1.82) is 0 Å². The Morgan fingerprint density at radius 3 is 2.70 bits per heavy atom. The molecule has 2 aliphatic heterocycles. The minimum atomic E-state index is -0.188. The highest BCUT2D eigenvalue weighted by atomic mass is 35.5. The average molecular weight is 337 g/mol. The number of amides is 2. The first kappa shape index (κ1) is 16.1. The van der Waals surface area contributed by atoms with Crippen molar-refractivity contribution < 1.29 is 9.59 Å². The van der Waals surface area contributed by atoms with E-state index >= 15 is 0 Å². The van der Waals surface area contributed by atoms with E-state index in [1.165, 1.54) is 0 Å². The van der Waals surface area contributed by atoms with Gasteiger partial charge < -0.3 is 14.7 Å². The molecule has 0 bridgehead atoms. The van der Waals surface area contributed by atoms with Crippen molar-refractivity contribution in [3.05, 3.63) is 23.4 Å². The number of hydrogen-bond acceptors (Lipinski definition) is 4. The predicted molar refractivity (Wildman–Crippen MR) is 88.4 cm³/mol. The topological polar surface area (TPSA) is 56.8 Å². The molecule has 0 radical (unpaired) electrons. The number of likely N-dealkylation sites (tertiary alicyclic amines) is 1. The number of nitrogens with zero attached hydrogens (tertiary/aromatic N) is 4. The maximum absolute atomic E-state index is 12.6. The number of rotatable bonds is 3. The molecule has 23 heavy (non-hydrogen) atoms. The van der Waals surface area contributed by atoms with Crippen LogP contribution in [0.15, 0.2) is 18.3 Å². The summed E-state index contributed by atoms with van der Waals surface area (Å²) in [5, 5.41) is 0.632. The minimum Gasteiger partial charge on any atom is -0.352 e. The van der Waals surface area contributed by atoms with E-state index in [1.54, 1.807) is 11.1 Å². The first-order valence-corrected chi connectivity index (χ1v) is 8.40. The monoisotopic (exact) mass is 336 g/mol. The van der Waals surface area contributed by atoms with E-state index in [1.807, 2.05) is 24.0 Å². The van der Waals surface area contributed by atoms with Gasteiger partial charge in [0.2, 0.25) is 11.8 Å². The maximum atomic E-state index is 12.6. The molecule has 0 spiro atoms. The predicted octanol–water partition coefficient (Wildman–Crippen LogP) is 1.25. The largest absolute Gasteiger partial charge is 0.352 e. The molecule has 6 nitrogen and oxygen atoms in total. The van der Waals surface area contributed by atoms with Crippen molar-refractivity contribution in [2.24, 2.45) is 5.92 Å². The van der Waals surface area contributed by atoms with Gasteiger partial charge in [-0.05, 0) is 19.1 Å². The van der Waals surface area contributed by atoms with E-state index in [-0.39, 0.29) is 17.7 Å². The van der Waals surface area contributed by atoms with Crippen LogP contribution in [0.5, 0.6) is 0 Å². The second-order valence-electron chi connectivity index (χ2n) is 5.95. The zero-order valence-corrected chi connectivity index (χ0v) is 14.0. The van der Waals surface area contributed by atoms with E-state index in [9.17, 15) is 9.59 Å². The SMILES string of the molecule is CCN1C[C@H](C(=O)N2CCN(c3ncccc3Cl)CC2)CC1=O. The summed E-state index contributed by atoms with van der Waals surface area (Å²) in [6.45, 7) is 5.88. The zero-order valence-electron chi connectivity index (χ0n) is 13.2. The number of carbonyl (C=O) groups excluding carboxylic acids is 2. The van der Waals surface area contributed by atoms with E-state index in [2.05, 4.69) is 9.88 Å². The number of anilines is 1. The van der Waals surface area contributed by atoms with Gasteiger partial charge in [-0.2, -0.15) is 0 Å². The molecule has 2 fully saturated rings. The van der Waals surface area contributed by atoms with Gasteiger partial charge in [0.1, 0.15) is 5.82 Å². The van der Waals surface area contributed by atoms with Crippen LogP contribution in [-0.4, -0.2) is 65.9 Å². The Morgan fingerprint density at radius 2 is 2.09 bits per heavy atom. The van der Waals surface area contributed by atoms with E-state index in [0.29, 0.717) is 50.7 Å². The number of piperazine rings is 1. The first-order valence-electron chi connectivity index (χ1n) is 8.02. The van der Waals surface area contributed by atoms with Crippen molar-refractivity contribution in [2.75, 3.05) is 44.2 Å². The molecule has 2 saturated heterocycles. The Bertz CT molecular complexity index is 601. The number of halogens is 1. The molecular weight excluding hydrogens is 316 g/mol. The van der Waals surface area contributed by atoms with E-state index < -0.39 is 0 Å². The quantitative estimate of drug-likeness (QED) is 0.833. The summed E-state index contributed by atoms with van der Waals surface area (Å²) in [5.41, 5.74) is 0. The second kappa shape index (κ2) is 6.74. The lowest BCUT2D eigenvalue weighted by Crippen LogP contribution is -2.51. The third-order valence-corrected chi connectivity index (χ3v) is 4.87. The molecule has 1 atom stereocenters. The van der Waals surface area contributed by atoms with Crippen molar-refractivity contribution in [3.63, 3.8) is 0 Å². The summed E-state index contributed by atoms with van der Waals surface area (Å²) in [4.78, 5) is 34.4. The standard InChI is InChI=1S/C16H21ClN4O2/c1-2-19-11-12(10-14(19)22)16(23)21-8-6-20(7-9-21)15-13(17)4-3-5-18-15/h3-5,12H,2,6-11H2,1H3/t12-/m1/s1. The van der Waals surface area contributed by atoms with Gasteiger partial charge >= 0.3 is 0 Å². The fraction of sp³-hybridized carbons (Fsp3) is 0.562. The number of carbonyl (C=O) groups is 2. The summed E-state index contributed by atoms with van der Waals surface area (Å²) in [5.74, 6) is 0.771. The van der Waals surface area contributed by atoms with Crippen LogP contribution < -0.4 is 4.90 Å². The smallest absolute Gasteiger partial charge is 0.228 e. The van der Waals surface area contributed by atoms with Crippen molar-refractivity contribution in [2.45, 2.75) is 13.3 Å². The Morgan fingerprint density at radius 1 is 1.35 bits per heavy atom. The van der Waals surface area contributed by atoms with Crippen molar-refractivity contribution in [3.8, 4) is 0 Å². The van der Waals surface area contributed by atoms with Crippen LogP contribution in [0.2, 0.25) is 5.02 Å². The molecule has 0 saturated carbocycles. The summed E-state index contributed by atoms with van der Waals surface area (Å²) in [7, 11) is 0. The summed E-state index contributed by atoms with van der Waals surface area (Å²) >= 11 is 6.18. The molecule has 0 unspecified atom stereocenters. The van der Waals surface area contributed by atoms with Gasteiger partial charge in [0.05, 0.1) is 10.9 Å². The molecule has 0 N–H and O–H groups in total. The summed E-state index contributed by atoms with van der Waals surface area (Å²) < 4.78 is 0. The van der Waals surface area contributed by atoms with E-state index in [0.717, 1.165) is 5.82 Å². The van der Waals surface area contributed by atoms with Crippen molar-refractivity contribution >= 4 is 29.2 Å². The van der Waals surface area contributed by atoms with Crippen LogP contribution in [0.4, 0.5) is 5.82 Å². The van der Waals surface area contributed by atoms with Gasteiger partial charge in [-0.25, -0.2) is 4.98 Å². The van der Waals surface area contributed by atoms with Gasteiger partial charge in [0, 0.05) is 51.9 Å². The Kier molecular flexibility index (Phi) is 4.71. The van der Waals surface area contributed by atoms with Gasteiger partial charge in [-0.1, -0.05) is 11.6 Å². The first-order chi connectivity index (χ1) is 11.1. The van der Waals surface area contributed by atoms with Crippen LogP contribution in [0.3, 0.4) is 0 Å². The molecule has 1 aromatic heterocycles. The maximum Gasteiger partial charge on any atom is 0.228 e. The lowest BCUT2D eigenvalue weighted by Gasteiger charge is -2.36. The third kappa shape index (κ3) is 3.27. The third-order valence-electron chi connectivity index (χ3n) is 4.58. The highest BCUT2D eigenvalue weighted by Crippen LogP contribution is 2.25. The number of pyridine rings is 1.